The predicted molar refractivity (Wildman–Crippen MR) is 63.1 cm³/mol. The number of aliphatic hydroxyl groups excluding tert-OH is 1. The Kier molecular flexibility index (Phi) is 6.80. The first kappa shape index (κ1) is 12.8. The van der Waals surface area contributed by atoms with Gasteiger partial charge < -0.3 is 15.3 Å². The Morgan fingerprint density at radius 1 is 1.40 bits per heavy atom. The maximum atomic E-state index is 11.7. The van der Waals surface area contributed by atoms with Crippen molar-refractivity contribution in [3.8, 4) is 0 Å². The lowest BCUT2D eigenvalue weighted by atomic mass is 10.4. The van der Waals surface area contributed by atoms with E-state index in [9.17, 15) is 4.79 Å². The number of amides is 1. The average Bonchev–Trinajstić information content (AvgIpc) is 2.52. The van der Waals surface area contributed by atoms with E-state index >= 15 is 0 Å². The Bertz CT molecular complexity index is 182. The van der Waals surface area contributed by atoms with Crippen molar-refractivity contribution >= 4 is 17.7 Å². The molecule has 15 heavy (non-hydrogen) atoms. The topological polar surface area (TPSA) is 52.6 Å². The highest BCUT2D eigenvalue weighted by molar-refractivity contribution is 7.99. The normalized spacial score (nSPS) is 17.5. The van der Waals surface area contributed by atoms with Gasteiger partial charge in [0.05, 0.1) is 5.75 Å². The lowest BCUT2D eigenvalue weighted by molar-refractivity contribution is -0.128. The molecule has 1 saturated heterocycles. The lowest BCUT2D eigenvalue weighted by Crippen LogP contribution is -2.35. The molecule has 1 fully saturated rings. The van der Waals surface area contributed by atoms with Crippen molar-refractivity contribution in [2.24, 2.45) is 0 Å². The van der Waals surface area contributed by atoms with E-state index < -0.39 is 0 Å². The van der Waals surface area contributed by atoms with Gasteiger partial charge in [-0.2, -0.15) is 11.8 Å². The first-order valence-corrected chi connectivity index (χ1v) is 6.67. The molecule has 1 amide bonds. The minimum absolute atomic E-state index is 0.217. The summed E-state index contributed by atoms with van der Waals surface area (Å²) in [5, 5.41) is 11.9. The van der Waals surface area contributed by atoms with Crippen LogP contribution in [0.2, 0.25) is 0 Å². The summed E-state index contributed by atoms with van der Waals surface area (Å²) < 4.78 is 0. The second-order valence-electron chi connectivity index (χ2n) is 3.61. The van der Waals surface area contributed by atoms with Crippen LogP contribution < -0.4 is 5.32 Å². The standard InChI is InChI=1S/C10H20N2O2S/c13-7-2-8-15-9-10(14)12-5-1-3-11-4-6-12/h11,13H,1-9H2. The van der Waals surface area contributed by atoms with Crippen LogP contribution >= 0.6 is 11.8 Å². The van der Waals surface area contributed by atoms with E-state index in [1.807, 2.05) is 4.90 Å². The van der Waals surface area contributed by atoms with Gasteiger partial charge in [-0.3, -0.25) is 4.79 Å². The molecule has 88 valence electrons. The summed E-state index contributed by atoms with van der Waals surface area (Å²) >= 11 is 1.61. The number of nitrogens with one attached hydrogen (secondary N) is 1. The van der Waals surface area contributed by atoms with Crippen LogP contribution in [0.1, 0.15) is 12.8 Å². The fourth-order valence-corrected chi connectivity index (χ4v) is 2.35. The largest absolute Gasteiger partial charge is 0.396 e. The third-order valence-electron chi connectivity index (χ3n) is 2.37. The summed E-state index contributed by atoms with van der Waals surface area (Å²) in [5.41, 5.74) is 0. The Hall–Kier alpha value is -0.260. The van der Waals surface area contributed by atoms with Crippen molar-refractivity contribution in [2.75, 3.05) is 44.3 Å². The van der Waals surface area contributed by atoms with Gasteiger partial charge in [-0.25, -0.2) is 0 Å². The van der Waals surface area contributed by atoms with E-state index in [2.05, 4.69) is 5.32 Å². The maximum absolute atomic E-state index is 11.7. The van der Waals surface area contributed by atoms with Crippen LogP contribution in [-0.2, 0) is 4.79 Å². The summed E-state index contributed by atoms with van der Waals surface area (Å²) in [4.78, 5) is 13.7. The number of hydrogen-bond donors (Lipinski definition) is 2. The Balaban J connectivity index is 2.14. The molecule has 0 aromatic carbocycles. The van der Waals surface area contributed by atoms with Gasteiger partial charge in [0.1, 0.15) is 0 Å². The Morgan fingerprint density at radius 2 is 2.27 bits per heavy atom. The van der Waals surface area contributed by atoms with Gasteiger partial charge in [0.15, 0.2) is 0 Å². The van der Waals surface area contributed by atoms with E-state index in [0.29, 0.717) is 5.75 Å². The molecule has 1 heterocycles. The van der Waals surface area contributed by atoms with E-state index in [4.69, 9.17) is 5.11 Å². The number of hydrogen-bond acceptors (Lipinski definition) is 4. The minimum Gasteiger partial charge on any atom is -0.396 e. The van der Waals surface area contributed by atoms with Crippen molar-refractivity contribution in [2.45, 2.75) is 12.8 Å². The number of thioether (sulfide) groups is 1. The summed E-state index contributed by atoms with van der Waals surface area (Å²) in [6, 6.07) is 0. The summed E-state index contributed by atoms with van der Waals surface area (Å²) in [6.45, 7) is 3.86. The van der Waals surface area contributed by atoms with Gasteiger partial charge in [0.2, 0.25) is 5.91 Å². The molecule has 4 nitrogen and oxygen atoms in total. The Morgan fingerprint density at radius 3 is 3.07 bits per heavy atom. The number of carbonyl (C=O) groups excluding carboxylic acids is 1. The molecular formula is C10H20N2O2S. The number of nitrogens with zero attached hydrogens (tertiary/aromatic N) is 1. The van der Waals surface area contributed by atoms with Crippen LogP contribution in [0.15, 0.2) is 0 Å². The van der Waals surface area contributed by atoms with E-state index in [-0.39, 0.29) is 12.5 Å². The molecule has 0 aromatic heterocycles. The van der Waals surface area contributed by atoms with Crippen molar-refractivity contribution in [1.82, 2.24) is 10.2 Å². The number of aliphatic hydroxyl groups is 1. The highest BCUT2D eigenvalue weighted by atomic mass is 32.2. The molecule has 1 aliphatic rings. The molecule has 0 saturated carbocycles. The first-order valence-electron chi connectivity index (χ1n) is 5.51. The van der Waals surface area contributed by atoms with Gasteiger partial charge in [0, 0.05) is 26.2 Å². The minimum atomic E-state index is 0.217. The smallest absolute Gasteiger partial charge is 0.232 e. The molecule has 0 radical (unpaired) electrons. The summed E-state index contributed by atoms with van der Waals surface area (Å²) in [5.74, 6) is 1.66. The molecule has 0 bridgehead atoms. The highest BCUT2D eigenvalue weighted by Crippen LogP contribution is 2.05. The molecule has 0 aliphatic carbocycles. The zero-order valence-corrected chi connectivity index (χ0v) is 9.89. The van der Waals surface area contributed by atoms with E-state index in [0.717, 1.165) is 44.8 Å². The highest BCUT2D eigenvalue weighted by Gasteiger charge is 2.14. The zero-order valence-electron chi connectivity index (χ0n) is 9.07. The van der Waals surface area contributed by atoms with Crippen LogP contribution in [0.3, 0.4) is 0 Å². The third-order valence-corrected chi connectivity index (χ3v) is 3.39. The van der Waals surface area contributed by atoms with E-state index in [1.165, 1.54) is 0 Å². The second-order valence-corrected chi connectivity index (χ2v) is 4.72. The van der Waals surface area contributed by atoms with Gasteiger partial charge in [-0.05, 0) is 25.1 Å². The van der Waals surface area contributed by atoms with Crippen molar-refractivity contribution in [3.05, 3.63) is 0 Å². The van der Waals surface area contributed by atoms with Crippen LogP contribution in [0.25, 0.3) is 0 Å². The van der Waals surface area contributed by atoms with Gasteiger partial charge in [0.25, 0.3) is 0 Å². The molecule has 0 aromatic rings. The Labute approximate surface area is 95.4 Å². The van der Waals surface area contributed by atoms with Crippen molar-refractivity contribution < 1.29 is 9.90 Å². The molecular weight excluding hydrogens is 212 g/mol. The van der Waals surface area contributed by atoms with Crippen LogP contribution in [0.5, 0.6) is 0 Å². The monoisotopic (exact) mass is 232 g/mol. The maximum Gasteiger partial charge on any atom is 0.232 e. The zero-order chi connectivity index (χ0) is 10.9. The third kappa shape index (κ3) is 5.39. The second kappa shape index (κ2) is 7.96. The fraction of sp³-hybridized carbons (Fsp3) is 0.900. The molecule has 0 spiro atoms. The number of rotatable bonds is 5. The lowest BCUT2D eigenvalue weighted by Gasteiger charge is -2.19. The van der Waals surface area contributed by atoms with Gasteiger partial charge in [-0.1, -0.05) is 0 Å². The molecule has 5 heteroatoms. The summed E-state index contributed by atoms with van der Waals surface area (Å²) in [7, 11) is 0. The molecule has 0 atom stereocenters. The van der Waals surface area contributed by atoms with Crippen molar-refractivity contribution in [1.29, 1.82) is 0 Å². The molecule has 1 aliphatic heterocycles. The first-order chi connectivity index (χ1) is 7.34. The van der Waals surface area contributed by atoms with Crippen LogP contribution in [0.4, 0.5) is 0 Å². The summed E-state index contributed by atoms with van der Waals surface area (Å²) in [6.07, 6.45) is 1.83. The van der Waals surface area contributed by atoms with Crippen LogP contribution in [0, 0.1) is 0 Å². The molecule has 1 rings (SSSR count). The number of carbonyl (C=O) groups is 1. The SMILES string of the molecule is O=C(CSCCCO)N1CCCNCC1. The fourth-order valence-electron chi connectivity index (χ4n) is 1.51. The van der Waals surface area contributed by atoms with Crippen molar-refractivity contribution in [3.63, 3.8) is 0 Å². The van der Waals surface area contributed by atoms with Gasteiger partial charge in [-0.15, -0.1) is 0 Å². The quantitative estimate of drug-likeness (QED) is 0.651. The van der Waals surface area contributed by atoms with Crippen LogP contribution in [-0.4, -0.2) is 60.2 Å². The predicted octanol–water partition coefficient (Wildman–Crippen LogP) is -0.0761. The molecule has 0 unspecified atom stereocenters. The van der Waals surface area contributed by atoms with E-state index in [1.54, 1.807) is 11.8 Å². The van der Waals surface area contributed by atoms with Gasteiger partial charge >= 0.3 is 0 Å². The average molecular weight is 232 g/mol. The molecule has 2 N–H and O–H groups in total.